The number of nitrogens with zero attached hydrogens (tertiary/aromatic N) is 2. The summed E-state index contributed by atoms with van der Waals surface area (Å²) in [5.74, 6) is 0. The van der Waals surface area contributed by atoms with E-state index in [9.17, 15) is 0 Å². The highest BCUT2D eigenvalue weighted by Crippen LogP contribution is 2.00. The Bertz CT molecular complexity index is 183. The van der Waals surface area contributed by atoms with Gasteiger partial charge in [0.25, 0.3) is 0 Å². The average Bonchev–Trinajstić information content (AvgIpc) is 2.80. The maximum absolute atomic E-state index is 3.63. The molecule has 0 aromatic heterocycles. The third-order valence-electron chi connectivity index (χ3n) is 3.74. The van der Waals surface area contributed by atoms with Crippen LogP contribution in [0.2, 0.25) is 0 Å². The number of hydrogen-bond acceptors (Lipinski definition) is 4. The molecule has 2 rings (SSSR count). The van der Waals surface area contributed by atoms with Gasteiger partial charge in [-0.1, -0.05) is 0 Å². The molecule has 2 N–H and O–H groups in total. The minimum Gasteiger partial charge on any atom is -0.315 e. The SMILES string of the molecule is CN1CCN(CCCNC2CCNC2)CC1. The summed E-state index contributed by atoms with van der Waals surface area (Å²) in [5.41, 5.74) is 0. The van der Waals surface area contributed by atoms with Crippen LogP contribution in [0.3, 0.4) is 0 Å². The first-order valence-electron chi connectivity index (χ1n) is 6.69. The molecular formula is C12H26N4. The van der Waals surface area contributed by atoms with Gasteiger partial charge < -0.3 is 20.4 Å². The summed E-state index contributed by atoms with van der Waals surface area (Å²) in [6.07, 6.45) is 2.59. The van der Waals surface area contributed by atoms with E-state index in [2.05, 4.69) is 27.5 Å². The van der Waals surface area contributed by atoms with E-state index in [0.29, 0.717) is 0 Å². The molecule has 0 amide bonds. The highest BCUT2D eigenvalue weighted by molar-refractivity contribution is 4.77. The molecule has 0 saturated carbocycles. The molecule has 0 radical (unpaired) electrons. The summed E-state index contributed by atoms with van der Waals surface area (Å²) in [7, 11) is 2.21. The van der Waals surface area contributed by atoms with Gasteiger partial charge in [0.1, 0.15) is 0 Å². The molecule has 94 valence electrons. The lowest BCUT2D eigenvalue weighted by molar-refractivity contribution is 0.152. The first kappa shape index (κ1) is 12.3. The molecule has 2 aliphatic rings. The third kappa shape index (κ3) is 4.01. The van der Waals surface area contributed by atoms with E-state index in [-0.39, 0.29) is 0 Å². The molecule has 0 spiro atoms. The topological polar surface area (TPSA) is 30.5 Å². The molecule has 1 atom stereocenters. The third-order valence-corrected chi connectivity index (χ3v) is 3.74. The van der Waals surface area contributed by atoms with Crippen molar-refractivity contribution in [2.75, 3.05) is 59.4 Å². The summed E-state index contributed by atoms with van der Waals surface area (Å²) in [5, 5.41) is 7.02. The zero-order valence-electron chi connectivity index (χ0n) is 10.5. The molecular weight excluding hydrogens is 200 g/mol. The van der Waals surface area contributed by atoms with Crippen LogP contribution in [0.1, 0.15) is 12.8 Å². The second kappa shape index (κ2) is 6.55. The van der Waals surface area contributed by atoms with Crippen molar-refractivity contribution in [2.24, 2.45) is 0 Å². The van der Waals surface area contributed by atoms with Crippen LogP contribution in [0.5, 0.6) is 0 Å². The average molecular weight is 226 g/mol. The van der Waals surface area contributed by atoms with Gasteiger partial charge in [-0.3, -0.25) is 0 Å². The molecule has 1 unspecified atom stereocenters. The smallest absolute Gasteiger partial charge is 0.0204 e. The van der Waals surface area contributed by atoms with Crippen LogP contribution in [-0.4, -0.2) is 75.2 Å². The Morgan fingerprint density at radius 2 is 2.06 bits per heavy atom. The van der Waals surface area contributed by atoms with Gasteiger partial charge in [0, 0.05) is 38.8 Å². The van der Waals surface area contributed by atoms with Crippen molar-refractivity contribution in [2.45, 2.75) is 18.9 Å². The van der Waals surface area contributed by atoms with Gasteiger partial charge >= 0.3 is 0 Å². The van der Waals surface area contributed by atoms with E-state index in [1.807, 2.05) is 0 Å². The largest absolute Gasteiger partial charge is 0.315 e. The van der Waals surface area contributed by atoms with Crippen molar-refractivity contribution in [3.63, 3.8) is 0 Å². The van der Waals surface area contributed by atoms with E-state index in [1.165, 1.54) is 58.7 Å². The minimum atomic E-state index is 0.729. The lowest BCUT2D eigenvalue weighted by atomic mass is 10.2. The van der Waals surface area contributed by atoms with E-state index in [4.69, 9.17) is 0 Å². The Morgan fingerprint density at radius 3 is 2.75 bits per heavy atom. The van der Waals surface area contributed by atoms with Crippen LogP contribution in [0.15, 0.2) is 0 Å². The van der Waals surface area contributed by atoms with Crippen LogP contribution in [0.25, 0.3) is 0 Å². The Hall–Kier alpha value is -0.160. The normalized spacial score (nSPS) is 28.7. The van der Waals surface area contributed by atoms with Gasteiger partial charge in [0.15, 0.2) is 0 Å². The van der Waals surface area contributed by atoms with E-state index < -0.39 is 0 Å². The summed E-state index contributed by atoms with van der Waals surface area (Å²) in [6, 6.07) is 0.729. The molecule has 4 nitrogen and oxygen atoms in total. The van der Waals surface area contributed by atoms with Crippen LogP contribution in [-0.2, 0) is 0 Å². The molecule has 2 saturated heterocycles. The van der Waals surface area contributed by atoms with E-state index >= 15 is 0 Å². The number of likely N-dealkylation sites (N-methyl/N-ethyl adjacent to an activating group) is 1. The summed E-state index contributed by atoms with van der Waals surface area (Å²) in [6.45, 7) is 9.77. The van der Waals surface area contributed by atoms with Crippen molar-refractivity contribution in [3.8, 4) is 0 Å². The minimum absolute atomic E-state index is 0.729. The highest BCUT2D eigenvalue weighted by Gasteiger charge is 2.14. The van der Waals surface area contributed by atoms with Crippen LogP contribution in [0, 0.1) is 0 Å². The van der Waals surface area contributed by atoms with Crippen LogP contribution >= 0.6 is 0 Å². The number of rotatable bonds is 5. The lowest BCUT2D eigenvalue weighted by Crippen LogP contribution is -2.45. The number of piperazine rings is 1. The van der Waals surface area contributed by atoms with E-state index in [0.717, 1.165) is 12.6 Å². The van der Waals surface area contributed by atoms with Gasteiger partial charge in [0.2, 0.25) is 0 Å². The lowest BCUT2D eigenvalue weighted by Gasteiger charge is -2.32. The summed E-state index contributed by atoms with van der Waals surface area (Å²) >= 11 is 0. The van der Waals surface area contributed by atoms with Crippen molar-refractivity contribution in [1.29, 1.82) is 0 Å². The molecule has 2 heterocycles. The molecule has 0 aromatic carbocycles. The molecule has 0 aromatic rings. The van der Waals surface area contributed by atoms with Crippen LogP contribution < -0.4 is 10.6 Å². The van der Waals surface area contributed by atoms with Gasteiger partial charge in [-0.15, -0.1) is 0 Å². The second-order valence-corrected chi connectivity index (χ2v) is 5.14. The predicted molar refractivity (Wildman–Crippen MR) is 67.8 cm³/mol. The fraction of sp³-hybridized carbons (Fsp3) is 1.00. The zero-order chi connectivity index (χ0) is 11.2. The molecule has 4 heteroatoms. The summed E-state index contributed by atoms with van der Waals surface area (Å²) < 4.78 is 0. The first-order chi connectivity index (χ1) is 7.84. The molecule has 2 fully saturated rings. The molecule has 16 heavy (non-hydrogen) atoms. The second-order valence-electron chi connectivity index (χ2n) is 5.14. The van der Waals surface area contributed by atoms with Crippen LogP contribution in [0.4, 0.5) is 0 Å². The van der Waals surface area contributed by atoms with Gasteiger partial charge in [-0.25, -0.2) is 0 Å². The maximum Gasteiger partial charge on any atom is 0.0204 e. The highest BCUT2D eigenvalue weighted by atomic mass is 15.2. The maximum atomic E-state index is 3.63. The predicted octanol–water partition coefficient (Wildman–Crippen LogP) is -0.425. The van der Waals surface area contributed by atoms with Crippen molar-refractivity contribution in [3.05, 3.63) is 0 Å². The Labute approximate surface area is 99.4 Å². The summed E-state index contributed by atoms with van der Waals surface area (Å²) in [4.78, 5) is 5.01. The van der Waals surface area contributed by atoms with E-state index in [1.54, 1.807) is 0 Å². The molecule has 0 bridgehead atoms. The first-order valence-corrected chi connectivity index (χ1v) is 6.69. The zero-order valence-corrected chi connectivity index (χ0v) is 10.5. The fourth-order valence-electron chi connectivity index (χ4n) is 2.51. The standard InChI is InChI=1S/C12H26N4/c1-15-7-9-16(10-8-15)6-2-4-14-12-3-5-13-11-12/h12-14H,2-11H2,1H3. The fourth-order valence-corrected chi connectivity index (χ4v) is 2.51. The van der Waals surface area contributed by atoms with Crippen molar-refractivity contribution >= 4 is 0 Å². The quantitative estimate of drug-likeness (QED) is 0.623. The Kier molecular flexibility index (Phi) is 5.03. The molecule has 0 aliphatic carbocycles. The number of nitrogens with one attached hydrogen (secondary N) is 2. The Balaban J connectivity index is 1.48. The van der Waals surface area contributed by atoms with Gasteiger partial charge in [0.05, 0.1) is 0 Å². The van der Waals surface area contributed by atoms with Crippen molar-refractivity contribution in [1.82, 2.24) is 20.4 Å². The van der Waals surface area contributed by atoms with Gasteiger partial charge in [-0.05, 0) is 39.5 Å². The van der Waals surface area contributed by atoms with Crippen molar-refractivity contribution < 1.29 is 0 Å². The Morgan fingerprint density at radius 1 is 1.25 bits per heavy atom. The van der Waals surface area contributed by atoms with Gasteiger partial charge in [-0.2, -0.15) is 0 Å². The monoisotopic (exact) mass is 226 g/mol. The molecule has 2 aliphatic heterocycles. The number of hydrogen-bond donors (Lipinski definition) is 2.